The summed E-state index contributed by atoms with van der Waals surface area (Å²) >= 11 is 0. The van der Waals surface area contributed by atoms with Crippen LogP contribution >= 0.6 is 0 Å². The Hall–Kier alpha value is -2.41. The molecule has 1 aliphatic rings. The average Bonchev–Trinajstić information content (AvgIpc) is 2.56. The number of hydrogen-bond acceptors (Lipinski definition) is 5. The Morgan fingerprint density at radius 3 is 2.52 bits per heavy atom. The number of sulfone groups is 1. The first-order valence-corrected chi connectivity index (χ1v) is 10.1. The number of anilines is 1. The van der Waals surface area contributed by atoms with Crippen LogP contribution in [0.15, 0.2) is 53.6 Å². The van der Waals surface area contributed by atoms with Crippen molar-refractivity contribution < 1.29 is 13.2 Å². The lowest BCUT2D eigenvalue weighted by Gasteiger charge is -2.40. The minimum atomic E-state index is -3.18. The maximum Gasteiger partial charge on any atom is 0.220 e. The minimum absolute atomic E-state index is 0.0119. The fraction of sp³-hybridized carbons (Fsp3) is 0.333. The Morgan fingerprint density at radius 1 is 1.20 bits per heavy atom. The van der Waals surface area contributed by atoms with Crippen LogP contribution in [-0.4, -0.2) is 44.7 Å². The molecule has 0 aliphatic carbocycles. The molecule has 6 nitrogen and oxygen atoms in total. The molecule has 2 aromatic rings. The van der Waals surface area contributed by atoms with Crippen LogP contribution in [0.3, 0.4) is 0 Å². The van der Waals surface area contributed by atoms with E-state index in [0.29, 0.717) is 17.7 Å². The van der Waals surface area contributed by atoms with Crippen LogP contribution in [0.2, 0.25) is 0 Å². The predicted molar refractivity (Wildman–Crippen MR) is 96.3 cm³/mol. The molecule has 0 bridgehead atoms. The van der Waals surface area contributed by atoms with Gasteiger partial charge in [-0.25, -0.2) is 13.4 Å². The van der Waals surface area contributed by atoms with Crippen LogP contribution in [-0.2, 0) is 21.1 Å². The molecule has 1 aromatic carbocycles. The summed E-state index contributed by atoms with van der Waals surface area (Å²) < 4.78 is 22.9. The van der Waals surface area contributed by atoms with E-state index in [-0.39, 0.29) is 11.9 Å². The zero-order valence-electron chi connectivity index (χ0n) is 14.1. The smallest absolute Gasteiger partial charge is 0.220 e. The van der Waals surface area contributed by atoms with Gasteiger partial charge in [0.15, 0.2) is 9.84 Å². The molecule has 2 heterocycles. The number of rotatable bonds is 6. The van der Waals surface area contributed by atoms with Gasteiger partial charge in [0.25, 0.3) is 0 Å². The van der Waals surface area contributed by atoms with Crippen molar-refractivity contribution >= 4 is 21.6 Å². The van der Waals surface area contributed by atoms with E-state index in [9.17, 15) is 13.2 Å². The van der Waals surface area contributed by atoms with Crippen molar-refractivity contribution in [1.29, 1.82) is 0 Å². The molecule has 1 aliphatic heterocycles. The quantitative estimate of drug-likeness (QED) is 0.844. The topological polar surface area (TPSA) is 79.4 Å². The van der Waals surface area contributed by atoms with Gasteiger partial charge in [0, 0.05) is 32.0 Å². The SMILES string of the molecule is CS(=O)(=O)c1ccc(CCC(=O)NC2CN(c3ccccn3)C2)cc1. The number of benzene rings is 1. The minimum Gasteiger partial charge on any atom is -0.352 e. The maximum atomic E-state index is 12.0. The number of pyridine rings is 1. The van der Waals surface area contributed by atoms with E-state index in [1.807, 2.05) is 18.2 Å². The molecule has 1 amide bonds. The Morgan fingerprint density at radius 2 is 1.92 bits per heavy atom. The van der Waals surface area contributed by atoms with Gasteiger partial charge in [-0.1, -0.05) is 18.2 Å². The summed E-state index contributed by atoms with van der Waals surface area (Å²) in [4.78, 5) is 18.7. The Balaban J connectivity index is 1.42. The molecule has 0 atom stereocenters. The summed E-state index contributed by atoms with van der Waals surface area (Å²) in [7, 11) is -3.18. The normalized spacial score (nSPS) is 14.8. The lowest BCUT2D eigenvalue weighted by atomic mass is 10.1. The second-order valence-corrected chi connectivity index (χ2v) is 8.29. The van der Waals surface area contributed by atoms with Gasteiger partial charge in [0.1, 0.15) is 5.82 Å². The van der Waals surface area contributed by atoms with Gasteiger partial charge in [-0.15, -0.1) is 0 Å². The highest BCUT2D eigenvalue weighted by molar-refractivity contribution is 7.90. The molecule has 1 fully saturated rings. The van der Waals surface area contributed by atoms with Gasteiger partial charge in [0.05, 0.1) is 10.9 Å². The molecule has 1 saturated heterocycles. The van der Waals surface area contributed by atoms with Crippen molar-refractivity contribution in [2.45, 2.75) is 23.8 Å². The molecule has 0 radical (unpaired) electrons. The lowest BCUT2D eigenvalue weighted by molar-refractivity contribution is -0.121. The number of aromatic nitrogens is 1. The highest BCUT2D eigenvalue weighted by Gasteiger charge is 2.28. The van der Waals surface area contributed by atoms with Gasteiger partial charge in [0.2, 0.25) is 5.91 Å². The van der Waals surface area contributed by atoms with Crippen LogP contribution in [0.5, 0.6) is 0 Å². The fourth-order valence-corrected chi connectivity index (χ4v) is 3.39. The van der Waals surface area contributed by atoms with E-state index in [1.165, 1.54) is 6.26 Å². The number of hydrogen-bond donors (Lipinski definition) is 1. The van der Waals surface area contributed by atoms with Crippen LogP contribution in [0.25, 0.3) is 0 Å². The summed E-state index contributed by atoms with van der Waals surface area (Å²) in [6.45, 7) is 1.54. The van der Waals surface area contributed by atoms with Gasteiger partial charge >= 0.3 is 0 Å². The van der Waals surface area contributed by atoms with E-state index < -0.39 is 9.84 Å². The van der Waals surface area contributed by atoms with Crippen molar-refractivity contribution in [2.75, 3.05) is 24.2 Å². The van der Waals surface area contributed by atoms with Gasteiger partial charge < -0.3 is 10.2 Å². The Labute approximate surface area is 147 Å². The standard InChI is InChI=1S/C18H21N3O3S/c1-25(23,24)16-8-5-14(6-9-16)7-10-18(22)20-15-12-21(13-15)17-4-2-3-11-19-17/h2-6,8-9,11,15H,7,10,12-13H2,1H3,(H,20,22). The van der Waals surface area contributed by atoms with Crippen LogP contribution in [0.1, 0.15) is 12.0 Å². The number of carbonyl (C=O) groups excluding carboxylic acids is 1. The van der Waals surface area contributed by atoms with Crippen molar-refractivity contribution in [1.82, 2.24) is 10.3 Å². The van der Waals surface area contributed by atoms with E-state index in [2.05, 4.69) is 15.2 Å². The van der Waals surface area contributed by atoms with E-state index in [0.717, 1.165) is 24.5 Å². The molecule has 1 N–H and O–H groups in total. The molecular weight excluding hydrogens is 338 g/mol. The molecular formula is C18H21N3O3S. The van der Waals surface area contributed by atoms with Crippen LogP contribution < -0.4 is 10.2 Å². The first kappa shape index (κ1) is 17.4. The Bertz CT molecular complexity index is 830. The summed E-state index contributed by atoms with van der Waals surface area (Å²) in [5, 5.41) is 3.02. The summed E-state index contributed by atoms with van der Waals surface area (Å²) in [6, 6.07) is 12.6. The number of nitrogens with zero attached hydrogens (tertiary/aromatic N) is 2. The predicted octanol–water partition coefficient (Wildman–Crippen LogP) is 1.42. The zero-order chi connectivity index (χ0) is 17.9. The van der Waals surface area contributed by atoms with Crippen molar-refractivity contribution in [3.8, 4) is 0 Å². The van der Waals surface area contributed by atoms with Crippen LogP contribution in [0.4, 0.5) is 5.82 Å². The first-order valence-electron chi connectivity index (χ1n) is 8.16. The number of carbonyl (C=O) groups is 1. The van der Waals surface area contributed by atoms with E-state index in [1.54, 1.807) is 30.5 Å². The third kappa shape index (κ3) is 4.57. The fourth-order valence-electron chi connectivity index (χ4n) is 2.76. The summed E-state index contributed by atoms with van der Waals surface area (Å²) in [5.41, 5.74) is 0.950. The van der Waals surface area contributed by atoms with E-state index in [4.69, 9.17) is 0 Å². The summed E-state index contributed by atoms with van der Waals surface area (Å²) in [5.74, 6) is 0.942. The number of amides is 1. The molecule has 25 heavy (non-hydrogen) atoms. The molecule has 1 aromatic heterocycles. The van der Waals surface area contributed by atoms with Crippen molar-refractivity contribution in [3.05, 3.63) is 54.2 Å². The van der Waals surface area contributed by atoms with Crippen molar-refractivity contribution in [2.24, 2.45) is 0 Å². The van der Waals surface area contributed by atoms with Gasteiger partial charge in [-0.2, -0.15) is 0 Å². The highest BCUT2D eigenvalue weighted by atomic mass is 32.2. The van der Waals surface area contributed by atoms with Crippen molar-refractivity contribution in [3.63, 3.8) is 0 Å². The largest absolute Gasteiger partial charge is 0.352 e. The lowest BCUT2D eigenvalue weighted by Crippen LogP contribution is -2.59. The first-order chi connectivity index (χ1) is 11.9. The Kier molecular flexibility index (Phi) is 5.03. The van der Waals surface area contributed by atoms with Gasteiger partial charge in [-0.05, 0) is 36.2 Å². The number of aryl methyl sites for hydroxylation is 1. The monoisotopic (exact) mass is 359 g/mol. The highest BCUT2D eigenvalue weighted by Crippen LogP contribution is 2.17. The third-order valence-corrected chi connectivity index (χ3v) is 5.34. The average molecular weight is 359 g/mol. The molecule has 3 rings (SSSR count). The zero-order valence-corrected chi connectivity index (χ0v) is 14.9. The number of nitrogens with one attached hydrogen (secondary N) is 1. The molecule has 0 saturated carbocycles. The maximum absolute atomic E-state index is 12.0. The molecule has 132 valence electrons. The second kappa shape index (κ2) is 7.23. The third-order valence-electron chi connectivity index (χ3n) is 4.21. The van der Waals surface area contributed by atoms with Crippen LogP contribution in [0, 0.1) is 0 Å². The van der Waals surface area contributed by atoms with E-state index >= 15 is 0 Å². The summed E-state index contributed by atoms with van der Waals surface area (Å²) in [6.07, 6.45) is 3.92. The van der Waals surface area contributed by atoms with Gasteiger partial charge in [-0.3, -0.25) is 4.79 Å². The molecule has 0 spiro atoms. The second-order valence-electron chi connectivity index (χ2n) is 6.27. The molecule has 0 unspecified atom stereocenters. The molecule has 7 heteroatoms.